The number of alkyl halides is 6. The Kier molecular flexibility index (Phi) is 14.1. The van der Waals surface area contributed by atoms with Crippen LogP contribution in [0.15, 0.2) is 23.8 Å². The molecule has 1 aliphatic heterocycles. The van der Waals surface area contributed by atoms with Crippen molar-refractivity contribution in [1.29, 1.82) is 0 Å². The average molecular weight is 441 g/mol. The number of hydrogen-bond donors (Lipinski definition) is 0. The standard InChI is InChI=1S/C7H13F2N.C6H10F4.C6H8F2.CH4/c1-4-7(9)5-6(2,8)10(7)3;1-3-6(9,10)4-5(2,7)8;1-3-6(8)4-5(2)7;/h4-5H2,1-3H3;3-4H2,1-2H3;3-4H,1-2H3;1H4. The molecule has 29 heavy (non-hydrogen) atoms. The third-order valence-corrected chi connectivity index (χ3v) is 4.13. The lowest BCUT2D eigenvalue weighted by Gasteiger charge is -2.53. The molecule has 1 heterocycles. The molecule has 0 N–H and O–H groups in total. The topological polar surface area (TPSA) is 3.24 Å². The summed E-state index contributed by atoms with van der Waals surface area (Å²) in [5.74, 6) is -10.3. The van der Waals surface area contributed by atoms with Crippen molar-refractivity contribution in [2.24, 2.45) is 0 Å². The van der Waals surface area contributed by atoms with Crippen LogP contribution in [0.5, 0.6) is 0 Å². The maximum Gasteiger partial charge on any atom is 0.253 e. The van der Waals surface area contributed by atoms with Gasteiger partial charge in [-0.05, 0) is 41.2 Å². The summed E-state index contributed by atoms with van der Waals surface area (Å²) in [7, 11) is 1.48. The van der Waals surface area contributed by atoms with Crippen LogP contribution in [0.25, 0.3) is 0 Å². The van der Waals surface area contributed by atoms with E-state index in [0.717, 1.165) is 11.0 Å². The van der Waals surface area contributed by atoms with E-state index < -0.39 is 47.9 Å². The molecule has 1 rings (SSSR count). The predicted molar refractivity (Wildman–Crippen MR) is 103 cm³/mol. The summed E-state index contributed by atoms with van der Waals surface area (Å²) < 4.78 is 98.0. The van der Waals surface area contributed by atoms with Crippen molar-refractivity contribution < 1.29 is 35.1 Å². The Labute approximate surface area is 169 Å². The molecule has 0 aromatic carbocycles. The molecule has 0 saturated carbocycles. The summed E-state index contributed by atoms with van der Waals surface area (Å²) in [6.07, 6.45) is 0.520. The van der Waals surface area contributed by atoms with Crippen LogP contribution in [-0.4, -0.2) is 35.4 Å². The summed E-state index contributed by atoms with van der Waals surface area (Å²) in [6, 6.07) is 0. The lowest BCUT2D eigenvalue weighted by molar-refractivity contribution is -0.253. The van der Waals surface area contributed by atoms with Crippen LogP contribution in [0.2, 0.25) is 0 Å². The maximum atomic E-state index is 13.2. The smallest absolute Gasteiger partial charge is 0.242 e. The van der Waals surface area contributed by atoms with Crippen LogP contribution in [0.4, 0.5) is 35.1 Å². The van der Waals surface area contributed by atoms with E-state index in [0.29, 0.717) is 13.3 Å². The molecule has 0 aliphatic carbocycles. The monoisotopic (exact) mass is 441 g/mol. The number of hydrogen-bond acceptors (Lipinski definition) is 1. The summed E-state index contributed by atoms with van der Waals surface area (Å²) in [4.78, 5) is 1.15. The Morgan fingerprint density at radius 1 is 1.10 bits per heavy atom. The summed E-state index contributed by atoms with van der Waals surface area (Å²) in [6.45, 7) is 7.52. The number of likely N-dealkylation sites (tertiary alicyclic amines) is 1. The second kappa shape index (κ2) is 12.5. The first kappa shape index (κ1) is 32.5. The molecule has 1 nitrogen and oxygen atoms in total. The van der Waals surface area contributed by atoms with Crippen LogP contribution >= 0.6 is 0 Å². The van der Waals surface area contributed by atoms with Gasteiger partial charge in [-0.15, -0.1) is 0 Å². The van der Waals surface area contributed by atoms with Gasteiger partial charge in [-0.3, -0.25) is 0 Å². The van der Waals surface area contributed by atoms with E-state index in [1.165, 1.54) is 40.8 Å². The van der Waals surface area contributed by atoms with Gasteiger partial charge in [-0.2, -0.15) is 0 Å². The maximum absolute atomic E-state index is 13.2. The van der Waals surface area contributed by atoms with Crippen LogP contribution in [0.1, 0.15) is 74.7 Å². The highest BCUT2D eigenvalue weighted by Gasteiger charge is 2.57. The Hall–Kier alpha value is -1.12. The molecule has 0 aromatic heterocycles. The molecular weight excluding hydrogens is 406 g/mol. The largest absolute Gasteiger partial charge is 0.253 e. The number of rotatable bonds is 5. The zero-order valence-electron chi connectivity index (χ0n) is 17.5. The Balaban J connectivity index is -0.000000347. The van der Waals surface area contributed by atoms with Gasteiger partial charge < -0.3 is 0 Å². The molecule has 2 atom stereocenters. The first-order valence-electron chi connectivity index (χ1n) is 8.89. The second-order valence-electron chi connectivity index (χ2n) is 7.01. The fourth-order valence-electron chi connectivity index (χ4n) is 2.27. The van der Waals surface area contributed by atoms with Gasteiger partial charge in [0.15, 0.2) is 11.6 Å². The number of nitrogens with zero attached hydrogens (tertiary/aromatic N) is 1. The van der Waals surface area contributed by atoms with E-state index in [-0.39, 0.29) is 13.8 Å². The minimum absolute atomic E-state index is 0. The van der Waals surface area contributed by atoms with E-state index >= 15 is 0 Å². The summed E-state index contributed by atoms with van der Waals surface area (Å²) in [5.41, 5.74) is 0. The van der Waals surface area contributed by atoms with Crippen LogP contribution < -0.4 is 0 Å². The molecular formula is C20H35F8N. The first-order chi connectivity index (χ1) is 12.4. The van der Waals surface area contributed by atoms with Gasteiger partial charge >= 0.3 is 0 Å². The van der Waals surface area contributed by atoms with Crippen LogP contribution in [0, 0.1) is 0 Å². The van der Waals surface area contributed by atoms with Crippen molar-refractivity contribution in [1.82, 2.24) is 4.90 Å². The van der Waals surface area contributed by atoms with Gasteiger partial charge in [0.05, 0.1) is 12.2 Å². The molecule has 1 fully saturated rings. The molecule has 2 unspecified atom stereocenters. The van der Waals surface area contributed by atoms with Crippen molar-refractivity contribution in [3.8, 4) is 0 Å². The van der Waals surface area contributed by atoms with Gasteiger partial charge in [0.25, 0.3) is 11.8 Å². The van der Waals surface area contributed by atoms with Gasteiger partial charge in [-0.25, -0.2) is 40.0 Å². The minimum Gasteiger partial charge on any atom is -0.242 e. The Bertz CT molecular complexity index is 519. The minimum atomic E-state index is -3.26. The van der Waals surface area contributed by atoms with E-state index in [1.54, 1.807) is 6.92 Å². The quantitative estimate of drug-likeness (QED) is 0.235. The van der Waals surface area contributed by atoms with Gasteiger partial charge in [0.2, 0.25) is 0 Å². The molecule has 1 saturated heterocycles. The molecule has 176 valence electrons. The second-order valence-corrected chi connectivity index (χ2v) is 7.01. The molecule has 0 spiro atoms. The first-order valence-corrected chi connectivity index (χ1v) is 8.89. The molecule has 0 bridgehead atoms. The Morgan fingerprint density at radius 3 is 1.66 bits per heavy atom. The van der Waals surface area contributed by atoms with Gasteiger partial charge in [-0.1, -0.05) is 27.4 Å². The molecule has 0 amide bonds. The summed E-state index contributed by atoms with van der Waals surface area (Å²) >= 11 is 0. The fraction of sp³-hybridized carbons (Fsp3) is 0.800. The number of halogens is 8. The van der Waals surface area contributed by atoms with Crippen LogP contribution in [0.3, 0.4) is 0 Å². The van der Waals surface area contributed by atoms with Gasteiger partial charge in [0.1, 0.15) is 5.83 Å². The van der Waals surface area contributed by atoms with Crippen molar-refractivity contribution >= 4 is 0 Å². The third-order valence-electron chi connectivity index (χ3n) is 4.13. The highest BCUT2D eigenvalue weighted by molar-refractivity contribution is 5.11. The lowest BCUT2D eigenvalue weighted by atomic mass is 9.88. The van der Waals surface area contributed by atoms with E-state index in [2.05, 4.69) is 0 Å². The highest BCUT2D eigenvalue weighted by atomic mass is 19.3. The van der Waals surface area contributed by atoms with Crippen LogP contribution in [-0.2, 0) is 0 Å². The van der Waals surface area contributed by atoms with Crippen molar-refractivity contribution in [2.75, 3.05) is 7.05 Å². The third kappa shape index (κ3) is 13.7. The van der Waals surface area contributed by atoms with Gasteiger partial charge in [0, 0.05) is 18.9 Å². The zero-order valence-corrected chi connectivity index (χ0v) is 17.5. The van der Waals surface area contributed by atoms with Crippen molar-refractivity contribution in [2.45, 2.75) is 98.1 Å². The lowest BCUT2D eigenvalue weighted by Crippen LogP contribution is -2.66. The fourth-order valence-corrected chi connectivity index (χ4v) is 2.27. The van der Waals surface area contributed by atoms with E-state index in [4.69, 9.17) is 0 Å². The zero-order chi connectivity index (χ0) is 23.0. The van der Waals surface area contributed by atoms with E-state index in [1.807, 2.05) is 0 Å². The molecule has 9 heteroatoms. The predicted octanol–water partition coefficient (Wildman–Crippen LogP) is 8.53. The highest BCUT2D eigenvalue weighted by Crippen LogP contribution is 2.47. The Morgan fingerprint density at radius 2 is 1.55 bits per heavy atom. The van der Waals surface area contributed by atoms with Crippen molar-refractivity contribution in [3.05, 3.63) is 23.8 Å². The van der Waals surface area contributed by atoms with Crippen molar-refractivity contribution in [3.63, 3.8) is 0 Å². The molecule has 1 aliphatic rings. The SMILES string of the molecule is C.CC=C(F)C=C(C)F.CCC(F)(F)CC(C)(F)F.CCC1(F)CC(C)(F)N1C. The number of allylic oxidation sites excluding steroid dienone is 4. The molecule has 0 aromatic rings. The van der Waals surface area contributed by atoms with E-state index in [9.17, 15) is 35.1 Å². The molecule has 0 radical (unpaired) electrons. The normalized spacial score (nSPS) is 25.6. The summed E-state index contributed by atoms with van der Waals surface area (Å²) in [5, 5.41) is 0. The average Bonchev–Trinajstić information content (AvgIpc) is 2.52.